The molecule has 0 radical (unpaired) electrons. The lowest BCUT2D eigenvalue weighted by molar-refractivity contribution is 0.0794. The molecule has 3 aromatic rings. The summed E-state index contributed by atoms with van der Waals surface area (Å²) in [6.07, 6.45) is 0. The van der Waals surface area contributed by atoms with E-state index in [-0.39, 0.29) is 43.8 Å². The fourth-order valence-electron chi connectivity index (χ4n) is 4.74. The van der Waals surface area contributed by atoms with Crippen LogP contribution in [0.5, 0.6) is 5.75 Å². The summed E-state index contributed by atoms with van der Waals surface area (Å²) >= 11 is 12.7. The molecule has 144 valence electrons. The topological polar surface area (TPSA) is 60.4 Å². The molecule has 30 heavy (non-hydrogen) atoms. The Labute approximate surface area is 180 Å². The van der Waals surface area contributed by atoms with Crippen LogP contribution in [0, 0.1) is 0 Å². The molecule has 0 saturated carbocycles. The molecule has 1 aliphatic heterocycles. The highest BCUT2D eigenvalue weighted by atomic mass is 35.5. The van der Waals surface area contributed by atoms with Gasteiger partial charge in [-0.1, -0.05) is 71.7 Å². The van der Waals surface area contributed by atoms with Crippen LogP contribution in [0.1, 0.15) is 42.2 Å². The van der Waals surface area contributed by atoms with Gasteiger partial charge in [-0.2, -0.15) is 0 Å². The van der Waals surface area contributed by atoms with Gasteiger partial charge in [-0.25, -0.2) is 0 Å². The molecular formula is C24H10Cl2O4. The molecule has 6 heteroatoms. The first kappa shape index (κ1) is 17.6. The number of halogens is 2. The third-order valence-corrected chi connectivity index (χ3v) is 6.46. The minimum atomic E-state index is -1.88. The van der Waals surface area contributed by atoms with Crippen molar-refractivity contribution in [3.63, 3.8) is 0 Å². The standard InChI is InChI=1S/C24H10Cl2O4/c25-11-9-16-21(17(26)10-11)30-20-13-6-2-1-5-12(13)19(27)18(20)24(16)22(28)14-7-3-4-8-15(14)23(24)29/h1-10H. The van der Waals surface area contributed by atoms with Gasteiger partial charge in [0.1, 0.15) is 5.76 Å². The predicted molar refractivity (Wildman–Crippen MR) is 112 cm³/mol. The number of benzene rings is 3. The van der Waals surface area contributed by atoms with E-state index in [9.17, 15) is 14.4 Å². The molecule has 1 spiro atoms. The van der Waals surface area contributed by atoms with E-state index < -0.39 is 22.8 Å². The van der Waals surface area contributed by atoms with Crippen molar-refractivity contribution in [2.75, 3.05) is 0 Å². The van der Waals surface area contributed by atoms with E-state index in [4.69, 9.17) is 27.9 Å². The van der Waals surface area contributed by atoms with Gasteiger partial charge in [0.25, 0.3) is 0 Å². The number of rotatable bonds is 0. The van der Waals surface area contributed by atoms with Gasteiger partial charge < -0.3 is 4.74 Å². The van der Waals surface area contributed by atoms with E-state index in [1.54, 1.807) is 48.5 Å². The molecule has 0 saturated heterocycles. The first-order valence-electron chi connectivity index (χ1n) is 9.21. The van der Waals surface area contributed by atoms with Gasteiger partial charge in [0.2, 0.25) is 0 Å². The molecule has 1 heterocycles. The summed E-state index contributed by atoms with van der Waals surface area (Å²) in [6, 6.07) is 16.4. The zero-order chi connectivity index (χ0) is 20.8. The first-order chi connectivity index (χ1) is 14.5. The monoisotopic (exact) mass is 432 g/mol. The Morgan fingerprint density at radius 1 is 0.733 bits per heavy atom. The first-order valence-corrected chi connectivity index (χ1v) is 9.96. The van der Waals surface area contributed by atoms with Crippen molar-refractivity contribution >= 4 is 46.3 Å². The highest BCUT2D eigenvalue weighted by Crippen LogP contribution is 2.58. The molecule has 0 bridgehead atoms. The number of carbonyl (C=O) groups excluding carboxylic acids is 3. The number of fused-ring (bicyclic) bond motifs is 6. The second kappa shape index (κ2) is 5.69. The SMILES string of the molecule is O=C1C2=C(Oc3c(Cl)cc(Cl)cc3C23C(=O)c2ccccc2C3=O)c2ccccc21. The highest BCUT2D eigenvalue weighted by molar-refractivity contribution is 6.43. The Hall–Kier alpha value is -3.21. The van der Waals surface area contributed by atoms with Crippen molar-refractivity contribution < 1.29 is 19.1 Å². The summed E-state index contributed by atoms with van der Waals surface area (Å²) in [5.41, 5.74) is -0.202. The lowest BCUT2D eigenvalue weighted by Gasteiger charge is -2.34. The Morgan fingerprint density at radius 3 is 1.93 bits per heavy atom. The van der Waals surface area contributed by atoms with E-state index in [1.807, 2.05) is 0 Å². The van der Waals surface area contributed by atoms with Crippen LogP contribution in [0.4, 0.5) is 0 Å². The number of allylic oxidation sites excluding steroid dienone is 1. The number of hydrogen-bond donors (Lipinski definition) is 0. The van der Waals surface area contributed by atoms with Crippen LogP contribution in [0.2, 0.25) is 10.0 Å². The van der Waals surface area contributed by atoms with E-state index >= 15 is 0 Å². The molecule has 3 aromatic carbocycles. The Bertz CT molecular complexity index is 1370. The van der Waals surface area contributed by atoms with Gasteiger partial charge >= 0.3 is 0 Å². The molecule has 0 atom stereocenters. The maximum Gasteiger partial charge on any atom is 0.195 e. The van der Waals surface area contributed by atoms with E-state index in [2.05, 4.69) is 0 Å². The van der Waals surface area contributed by atoms with Gasteiger partial charge in [0.05, 0.1) is 10.6 Å². The van der Waals surface area contributed by atoms with Crippen LogP contribution in [0.3, 0.4) is 0 Å². The number of ether oxygens (including phenoxy) is 1. The van der Waals surface area contributed by atoms with Crippen molar-refractivity contribution in [1.29, 1.82) is 0 Å². The van der Waals surface area contributed by atoms with Gasteiger partial charge in [0, 0.05) is 32.8 Å². The summed E-state index contributed by atoms with van der Waals surface area (Å²) in [5.74, 6) is -0.989. The minimum Gasteiger partial charge on any atom is -0.454 e. The quantitative estimate of drug-likeness (QED) is 0.451. The molecule has 2 aliphatic carbocycles. The maximum absolute atomic E-state index is 13.9. The fourth-order valence-corrected chi connectivity index (χ4v) is 5.27. The number of ketones is 3. The van der Waals surface area contributed by atoms with Crippen LogP contribution >= 0.6 is 23.2 Å². The van der Waals surface area contributed by atoms with Crippen molar-refractivity contribution in [3.8, 4) is 5.75 Å². The molecule has 4 nitrogen and oxygen atoms in total. The van der Waals surface area contributed by atoms with Gasteiger partial charge in [-0.3, -0.25) is 14.4 Å². The normalized spacial score (nSPS) is 17.6. The Balaban J connectivity index is 1.78. The number of hydrogen-bond acceptors (Lipinski definition) is 4. The van der Waals surface area contributed by atoms with Gasteiger partial charge in [-0.05, 0) is 12.1 Å². The van der Waals surface area contributed by atoms with E-state index in [0.29, 0.717) is 11.1 Å². The molecular weight excluding hydrogens is 423 g/mol. The van der Waals surface area contributed by atoms with Crippen molar-refractivity contribution in [2.24, 2.45) is 0 Å². The maximum atomic E-state index is 13.9. The Kier molecular flexibility index (Phi) is 3.34. The molecule has 6 rings (SSSR count). The largest absolute Gasteiger partial charge is 0.454 e. The van der Waals surface area contributed by atoms with Crippen molar-refractivity contribution in [2.45, 2.75) is 5.41 Å². The van der Waals surface area contributed by atoms with Crippen LogP contribution < -0.4 is 4.74 Å². The van der Waals surface area contributed by atoms with E-state index in [1.165, 1.54) is 12.1 Å². The van der Waals surface area contributed by atoms with E-state index in [0.717, 1.165) is 0 Å². The zero-order valence-corrected chi connectivity index (χ0v) is 16.7. The smallest absolute Gasteiger partial charge is 0.195 e. The highest BCUT2D eigenvalue weighted by Gasteiger charge is 2.64. The molecule has 0 fully saturated rings. The second-order valence-corrected chi connectivity index (χ2v) is 8.24. The van der Waals surface area contributed by atoms with Gasteiger partial charge in [-0.15, -0.1) is 0 Å². The molecule has 0 aromatic heterocycles. The lowest BCUT2D eigenvalue weighted by atomic mass is 9.67. The summed E-state index contributed by atoms with van der Waals surface area (Å²) in [7, 11) is 0. The third-order valence-electron chi connectivity index (χ3n) is 5.96. The summed E-state index contributed by atoms with van der Waals surface area (Å²) < 4.78 is 6.08. The van der Waals surface area contributed by atoms with Crippen LogP contribution in [0.15, 0.2) is 66.2 Å². The molecule has 0 amide bonds. The lowest BCUT2D eigenvalue weighted by Crippen LogP contribution is -2.45. The van der Waals surface area contributed by atoms with Crippen LogP contribution in [-0.4, -0.2) is 17.3 Å². The predicted octanol–water partition coefficient (Wildman–Crippen LogP) is 5.31. The summed E-state index contributed by atoms with van der Waals surface area (Å²) in [5, 5.41) is 0.405. The van der Waals surface area contributed by atoms with Crippen LogP contribution in [0.25, 0.3) is 5.76 Å². The third kappa shape index (κ3) is 1.86. The number of carbonyl (C=O) groups is 3. The number of Topliss-reactive ketones (excluding diaryl/α,β-unsaturated/α-hetero) is 3. The van der Waals surface area contributed by atoms with Crippen molar-refractivity contribution in [1.82, 2.24) is 0 Å². The van der Waals surface area contributed by atoms with Gasteiger partial charge in [0.15, 0.2) is 28.5 Å². The average molecular weight is 433 g/mol. The molecule has 3 aliphatic rings. The fraction of sp³-hybridized carbons (Fsp3) is 0.0417. The Morgan fingerprint density at radius 2 is 1.30 bits per heavy atom. The zero-order valence-electron chi connectivity index (χ0n) is 15.2. The van der Waals surface area contributed by atoms with Crippen molar-refractivity contribution in [3.05, 3.63) is 104 Å². The molecule has 0 N–H and O–H groups in total. The minimum absolute atomic E-state index is 0.0285. The summed E-state index contributed by atoms with van der Waals surface area (Å²) in [6.45, 7) is 0. The summed E-state index contributed by atoms with van der Waals surface area (Å²) in [4.78, 5) is 41.2. The average Bonchev–Trinajstić information content (AvgIpc) is 3.15. The second-order valence-electron chi connectivity index (χ2n) is 7.40. The molecule has 0 unspecified atom stereocenters. The van der Waals surface area contributed by atoms with Crippen LogP contribution in [-0.2, 0) is 5.41 Å².